The molecular formula is C17H23N3O2. The van der Waals surface area contributed by atoms with Gasteiger partial charge in [-0.2, -0.15) is 0 Å². The van der Waals surface area contributed by atoms with Crippen LogP contribution in [0.2, 0.25) is 0 Å². The van der Waals surface area contributed by atoms with Crippen molar-refractivity contribution in [2.75, 3.05) is 13.2 Å². The lowest BCUT2D eigenvalue weighted by atomic mass is 9.87. The standard InChI is InChI=1S/C17H23N3O2/c1-3-17(8-10-22-11-9-17)19-16(21)13(2)20-12-18-14-6-4-5-7-15(14)20/h4-7,12-13H,3,8-11H2,1-2H3,(H,19,21). The van der Waals surface area contributed by atoms with Gasteiger partial charge in [-0.25, -0.2) is 4.98 Å². The quantitative estimate of drug-likeness (QED) is 0.944. The minimum absolute atomic E-state index is 0.0481. The van der Waals surface area contributed by atoms with Crippen LogP contribution in [0.15, 0.2) is 30.6 Å². The van der Waals surface area contributed by atoms with Crippen LogP contribution in [0.25, 0.3) is 11.0 Å². The molecule has 0 spiro atoms. The third-order valence-electron chi connectivity index (χ3n) is 4.79. The molecule has 1 amide bonds. The Morgan fingerprint density at radius 2 is 2.14 bits per heavy atom. The average Bonchev–Trinajstić information content (AvgIpc) is 2.99. The Morgan fingerprint density at radius 1 is 1.41 bits per heavy atom. The van der Waals surface area contributed by atoms with Gasteiger partial charge < -0.3 is 14.6 Å². The maximum absolute atomic E-state index is 12.7. The molecule has 1 saturated heterocycles. The molecule has 5 heteroatoms. The molecule has 5 nitrogen and oxygen atoms in total. The van der Waals surface area contributed by atoms with E-state index in [4.69, 9.17) is 4.74 Å². The van der Waals surface area contributed by atoms with Crippen LogP contribution in [0, 0.1) is 0 Å². The molecule has 1 atom stereocenters. The summed E-state index contributed by atoms with van der Waals surface area (Å²) < 4.78 is 7.37. The van der Waals surface area contributed by atoms with Gasteiger partial charge in [0.05, 0.1) is 17.4 Å². The van der Waals surface area contributed by atoms with Gasteiger partial charge >= 0.3 is 0 Å². The number of hydrogen-bond donors (Lipinski definition) is 1. The van der Waals surface area contributed by atoms with Crippen LogP contribution in [0.5, 0.6) is 0 Å². The summed E-state index contributed by atoms with van der Waals surface area (Å²) in [5.74, 6) is 0.0481. The molecule has 1 N–H and O–H groups in total. The number of imidazole rings is 1. The average molecular weight is 301 g/mol. The molecular weight excluding hydrogens is 278 g/mol. The highest BCUT2D eigenvalue weighted by molar-refractivity contribution is 5.84. The van der Waals surface area contributed by atoms with Crippen molar-refractivity contribution in [3.8, 4) is 0 Å². The maximum Gasteiger partial charge on any atom is 0.243 e. The number of ether oxygens (including phenoxy) is 1. The number of carbonyl (C=O) groups excluding carboxylic acids is 1. The largest absolute Gasteiger partial charge is 0.381 e. The van der Waals surface area contributed by atoms with Gasteiger partial charge in [-0.05, 0) is 38.3 Å². The van der Waals surface area contributed by atoms with Crippen molar-refractivity contribution in [2.24, 2.45) is 0 Å². The van der Waals surface area contributed by atoms with Crippen molar-refractivity contribution in [1.29, 1.82) is 0 Å². The number of aromatic nitrogens is 2. The highest BCUT2D eigenvalue weighted by Gasteiger charge is 2.33. The first-order valence-electron chi connectivity index (χ1n) is 7.96. The number of hydrogen-bond acceptors (Lipinski definition) is 3. The van der Waals surface area contributed by atoms with E-state index in [1.165, 1.54) is 0 Å². The van der Waals surface area contributed by atoms with E-state index in [9.17, 15) is 4.79 Å². The van der Waals surface area contributed by atoms with E-state index in [1.807, 2.05) is 35.8 Å². The number of nitrogens with zero attached hydrogens (tertiary/aromatic N) is 2. The molecule has 2 aromatic rings. The van der Waals surface area contributed by atoms with Crippen LogP contribution in [-0.2, 0) is 9.53 Å². The summed E-state index contributed by atoms with van der Waals surface area (Å²) in [6.07, 6.45) is 4.44. The van der Waals surface area contributed by atoms with Crippen molar-refractivity contribution >= 4 is 16.9 Å². The summed E-state index contributed by atoms with van der Waals surface area (Å²) in [7, 11) is 0. The van der Waals surface area contributed by atoms with Crippen LogP contribution in [0.1, 0.15) is 39.2 Å². The number of rotatable bonds is 4. The van der Waals surface area contributed by atoms with Gasteiger partial charge in [0.1, 0.15) is 6.04 Å². The summed E-state index contributed by atoms with van der Waals surface area (Å²) >= 11 is 0. The molecule has 0 bridgehead atoms. The Kier molecular flexibility index (Phi) is 4.16. The number of para-hydroxylation sites is 2. The first-order valence-corrected chi connectivity index (χ1v) is 7.96. The fourth-order valence-electron chi connectivity index (χ4n) is 3.11. The molecule has 118 valence electrons. The number of amides is 1. The summed E-state index contributed by atoms with van der Waals surface area (Å²) in [5, 5.41) is 3.27. The van der Waals surface area contributed by atoms with Crippen molar-refractivity contribution in [3.05, 3.63) is 30.6 Å². The lowest BCUT2D eigenvalue weighted by Gasteiger charge is -2.38. The first-order chi connectivity index (χ1) is 10.7. The lowest BCUT2D eigenvalue weighted by molar-refractivity contribution is -0.127. The molecule has 22 heavy (non-hydrogen) atoms. The topological polar surface area (TPSA) is 56.2 Å². The molecule has 3 rings (SSSR count). The normalized spacial score (nSPS) is 19.0. The number of fused-ring (bicyclic) bond motifs is 1. The summed E-state index contributed by atoms with van der Waals surface area (Å²) in [4.78, 5) is 17.1. The van der Waals surface area contributed by atoms with Gasteiger partial charge in [0.25, 0.3) is 0 Å². The van der Waals surface area contributed by atoms with E-state index < -0.39 is 0 Å². The molecule has 1 aromatic carbocycles. The van der Waals surface area contributed by atoms with E-state index in [0.29, 0.717) is 0 Å². The fraction of sp³-hybridized carbons (Fsp3) is 0.529. The summed E-state index contributed by atoms with van der Waals surface area (Å²) in [6.45, 7) is 5.49. The predicted molar refractivity (Wildman–Crippen MR) is 85.7 cm³/mol. The van der Waals surface area contributed by atoms with Crippen molar-refractivity contribution in [3.63, 3.8) is 0 Å². The van der Waals surface area contributed by atoms with Gasteiger partial charge in [-0.1, -0.05) is 19.1 Å². The summed E-state index contributed by atoms with van der Waals surface area (Å²) in [6, 6.07) is 7.60. The molecule has 1 aliphatic rings. The highest BCUT2D eigenvalue weighted by Crippen LogP contribution is 2.26. The monoisotopic (exact) mass is 301 g/mol. The van der Waals surface area contributed by atoms with E-state index in [0.717, 1.165) is 43.5 Å². The minimum Gasteiger partial charge on any atom is -0.381 e. The predicted octanol–water partition coefficient (Wildman–Crippen LogP) is 2.67. The van der Waals surface area contributed by atoms with Crippen LogP contribution in [0.4, 0.5) is 0 Å². The fourth-order valence-corrected chi connectivity index (χ4v) is 3.11. The minimum atomic E-state index is -0.279. The molecule has 1 aromatic heterocycles. The molecule has 1 unspecified atom stereocenters. The Bertz CT molecular complexity index is 659. The second kappa shape index (κ2) is 6.08. The SMILES string of the molecule is CCC1(NC(=O)C(C)n2cnc3ccccc32)CCOCC1. The number of nitrogens with one attached hydrogen (secondary N) is 1. The van der Waals surface area contributed by atoms with Gasteiger partial charge in [0.2, 0.25) is 5.91 Å². The zero-order valence-corrected chi connectivity index (χ0v) is 13.2. The van der Waals surface area contributed by atoms with Crippen molar-refractivity contribution < 1.29 is 9.53 Å². The van der Waals surface area contributed by atoms with Crippen molar-refractivity contribution in [1.82, 2.24) is 14.9 Å². The van der Waals surface area contributed by atoms with Gasteiger partial charge in [0.15, 0.2) is 0 Å². The molecule has 0 saturated carbocycles. The molecule has 1 aliphatic heterocycles. The molecule has 0 aliphatic carbocycles. The lowest BCUT2D eigenvalue weighted by Crippen LogP contribution is -2.53. The molecule has 1 fully saturated rings. The zero-order valence-electron chi connectivity index (χ0n) is 13.2. The van der Waals surface area contributed by atoms with E-state index in [-0.39, 0.29) is 17.5 Å². The number of carbonyl (C=O) groups is 1. The van der Waals surface area contributed by atoms with Crippen molar-refractivity contribution in [2.45, 2.75) is 44.7 Å². The van der Waals surface area contributed by atoms with Crippen LogP contribution in [-0.4, -0.2) is 34.2 Å². The zero-order chi connectivity index (χ0) is 15.6. The second-order valence-electron chi connectivity index (χ2n) is 6.05. The maximum atomic E-state index is 12.7. The smallest absolute Gasteiger partial charge is 0.243 e. The van der Waals surface area contributed by atoms with Gasteiger partial charge in [-0.3, -0.25) is 4.79 Å². The van der Waals surface area contributed by atoms with E-state index >= 15 is 0 Å². The Hall–Kier alpha value is -1.88. The third-order valence-corrected chi connectivity index (χ3v) is 4.79. The first kappa shape index (κ1) is 15.0. The van der Waals surface area contributed by atoms with E-state index in [1.54, 1.807) is 6.33 Å². The Labute approximate surface area is 130 Å². The number of benzene rings is 1. The Morgan fingerprint density at radius 3 is 2.86 bits per heavy atom. The van der Waals surface area contributed by atoms with Crippen LogP contribution < -0.4 is 5.32 Å². The van der Waals surface area contributed by atoms with Crippen LogP contribution in [0.3, 0.4) is 0 Å². The summed E-state index contributed by atoms with van der Waals surface area (Å²) in [5.41, 5.74) is 1.78. The molecule has 0 radical (unpaired) electrons. The third kappa shape index (κ3) is 2.73. The Balaban J connectivity index is 1.79. The van der Waals surface area contributed by atoms with Gasteiger partial charge in [0, 0.05) is 18.8 Å². The molecule has 2 heterocycles. The second-order valence-corrected chi connectivity index (χ2v) is 6.05. The van der Waals surface area contributed by atoms with Crippen LogP contribution >= 0.6 is 0 Å². The van der Waals surface area contributed by atoms with Gasteiger partial charge in [-0.15, -0.1) is 0 Å². The van der Waals surface area contributed by atoms with E-state index in [2.05, 4.69) is 17.2 Å². The highest BCUT2D eigenvalue weighted by atomic mass is 16.5.